The second-order valence-electron chi connectivity index (χ2n) is 6.52. The maximum absolute atomic E-state index is 12.3. The molecule has 0 saturated carbocycles. The molecule has 0 radical (unpaired) electrons. The number of carbonyl (C=O) groups is 1. The number of ether oxygens (including phenoxy) is 2. The Kier molecular flexibility index (Phi) is 5.34. The molecular weight excluding hydrogens is 358 g/mol. The lowest BCUT2D eigenvalue weighted by atomic mass is 10.1. The summed E-state index contributed by atoms with van der Waals surface area (Å²) in [5.74, 6) is 1.35. The molecule has 2 aromatic carbocycles. The number of aromatic nitrogens is 2. The van der Waals surface area contributed by atoms with E-state index in [0.717, 1.165) is 11.1 Å². The topological polar surface area (TPSA) is 77.7 Å². The summed E-state index contributed by atoms with van der Waals surface area (Å²) in [6.45, 7) is 4.26. The highest BCUT2D eigenvalue weighted by Crippen LogP contribution is 2.30. The van der Waals surface area contributed by atoms with Gasteiger partial charge in [-0.05, 0) is 30.7 Å². The first kappa shape index (κ1) is 18.2. The Bertz CT molecular complexity index is 964. The highest BCUT2D eigenvalue weighted by atomic mass is 16.5. The zero-order chi connectivity index (χ0) is 19.3. The van der Waals surface area contributed by atoms with Gasteiger partial charge in [0.1, 0.15) is 5.75 Å². The predicted octanol–water partition coefficient (Wildman–Crippen LogP) is 2.95. The van der Waals surface area contributed by atoms with E-state index in [-0.39, 0.29) is 12.5 Å². The van der Waals surface area contributed by atoms with Crippen LogP contribution in [0.2, 0.25) is 0 Å². The Morgan fingerprint density at radius 1 is 1.07 bits per heavy atom. The molecule has 1 saturated heterocycles. The number of benzene rings is 2. The maximum Gasteiger partial charge on any atom is 0.260 e. The molecule has 1 aliphatic rings. The van der Waals surface area contributed by atoms with Crippen molar-refractivity contribution in [1.82, 2.24) is 15.0 Å². The second kappa shape index (κ2) is 8.22. The van der Waals surface area contributed by atoms with Crippen LogP contribution >= 0.6 is 0 Å². The Labute approximate surface area is 162 Å². The molecule has 7 nitrogen and oxygen atoms in total. The highest BCUT2D eigenvalue weighted by molar-refractivity contribution is 5.78. The van der Waals surface area contributed by atoms with Crippen molar-refractivity contribution in [1.29, 1.82) is 0 Å². The van der Waals surface area contributed by atoms with E-state index in [1.807, 2.05) is 49.4 Å². The monoisotopic (exact) mass is 379 g/mol. The van der Waals surface area contributed by atoms with Crippen molar-refractivity contribution < 1.29 is 18.8 Å². The number of morpholine rings is 1. The van der Waals surface area contributed by atoms with Crippen molar-refractivity contribution >= 4 is 5.91 Å². The average Bonchev–Trinajstić information content (AvgIpc) is 3.23. The molecule has 0 spiro atoms. The summed E-state index contributed by atoms with van der Waals surface area (Å²) in [6, 6.07) is 15.2. The van der Waals surface area contributed by atoms with Crippen LogP contribution in [0.3, 0.4) is 0 Å². The fraction of sp³-hybridized carbons (Fsp3) is 0.286. The number of aryl methyl sites for hydroxylation is 1. The zero-order valence-corrected chi connectivity index (χ0v) is 15.6. The van der Waals surface area contributed by atoms with E-state index in [0.29, 0.717) is 49.3 Å². The molecule has 28 heavy (non-hydrogen) atoms. The molecular formula is C21H21N3O4. The largest absolute Gasteiger partial charge is 0.483 e. The SMILES string of the molecule is Cc1ccccc1-c1nc(-c2ccccc2OCC(=O)N2CCOCC2)no1. The maximum atomic E-state index is 12.3. The van der Waals surface area contributed by atoms with Crippen molar-refractivity contribution in [2.45, 2.75) is 6.92 Å². The molecule has 3 aromatic rings. The normalized spacial score (nSPS) is 14.1. The summed E-state index contributed by atoms with van der Waals surface area (Å²) < 4.78 is 16.5. The standard InChI is InChI=1S/C21H21N3O4/c1-15-6-2-3-7-16(15)21-22-20(23-28-21)17-8-4-5-9-18(17)27-14-19(25)24-10-12-26-13-11-24/h2-9H,10-14H2,1H3. The summed E-state index contributed by atoms with van der Waals surface area (Å²) in [5.41, 5.74) is 2.63. The van der Waals surface area contributed by atoms with Gasteiger partial charge in [0.2, 0.25) is 5.82 Å². The summed E-state index contributed by atoms with van der Waals surface area (Å²) >= 11 is 0. The van der Waals surface area contributed by atoms with Crippen LogP contribution < -0.4 is 4.74 Å². The number of amides is 1. The minimum absolute atomic E-state index is 0.0421. The predicted molar refractivity (Wildman–Crippen MR) is 103 cm³/mol. The molecule has 1 fully saturated rings. The molecule has 0 aliphatic carbocycles. The molecule has 0 unspecified atom stereocenters. The molecule has 0 N–H and O–H groups in total. The average molecular weight is 379 g/mol. The fourth-order valence-electron chi connectivity index (χ4n) is 3.08. The van der Waals surface area contributed by atoms with Gasteiger partial charge in [0.15, 0.2) is 6.61 Å². The van der Waals surface area contributed by atoms with Crippen molar-refractivity contribution in [3.05, 3.63) is 54.1 Å². The van der Waals surface area contributed by atoms with E-state index in [2.05, 4.69) is 10.1 Å². The number of para-hydroxylation sites is 1. The number of rotatable bonds is 5. The van der Waals surface area contributed by atoms with Gasteiger partial charge in [-0.15, -0.1) is 0 Å². The molecule has 2 heterocycles. The van der Waals surface area contributed by atoms with Crippen LogP contribution in [0.25, 0.3) is 22.8 Å². The van der Waals surface area contributed by atoms with Crippen LogP contribution in [0.5, 0.6) is 5.75 Å². The number of nitrogens with zero attached hydrogens (tertiary/aromatic N) is 3. The van der Waals surface area contributed by atoms with Crippen molar-refractivity contribution in [2.24, 2.45) is 0 Å². The third kappa shape index (κ3) is 3.89. The molecule has 7 heteroatoms. The molecule has 144 valence electrons. The van der Waals surface area contributed by atoms with E-state index in [4.69, 9.17) is 14.0 Å². The van der Waals surface area contributed by atoms with Crippen LogP contribution in [-0.4, -0.2) is 53.9 Å². The quantitative estimate of drug-likeness (QED) is 0.678. The lowest BCUT2D eigenvalue weighted by Gasteiger charge is -2.26. The smallest absolute Gasteiger partial charge is 0.260 e. The Morgan fingerprint density at radius 3 is 2.57 bits per heavy atom. The fourth-order valence-corrected chi connectivity index (χ4v) is 3.08. The summed E-state index contributed by atoms with van der Waals surface area (Å²) in [6.07, 6.45) is 0. The van der Waals surface area contributed by atoms with Gasteiger partial charge in [-0.1, -0.05) is 35.5 Å². The van der Waals surface area contributed by atoms with E-state index < -0.39 is 0 Å². The highest BCUT2D eigenvalue weighted by Gasteiger charge is 2.19. The minimum Gasteiger partial charge on any atom is -0.483 e. The first-order valence-corrected chi connectivity index (χ1v) is 9.20. The van der Waals surface area contributed by atoms with Crippen LogP contribution in [0, 0.1) is 6.92 Å². The first-order valence-electron chi connectivity index (χ1n) is 9.20. The van der Waals surface area contributed by atoms with Gasteiger partial charge in [-0.3, -0.25) is 4.79 Å². The Morgan fingerprint density at radius 2 is 1.79 bits per heavy atom. The third-order valence-electron chi connectivity index (χ3n) is 4.64. The van der Waals surface area contributed by atoms with E-state index in [1.54, 1.807) is 11.0 Å². The van der Waals surface area contributed by atoms with Crippen LogP contribution in [0.4, 0.5) is 0 Å². The molecule has 0 atom stereocenters. The minimum atomic E-state index is -0.0631. The summed E-state index contributed by atoms with van der Waals surface area (Å²) in [4.78, 5) is 18.6. The zero-order valence-electron chi connectivity index (χ0n) is 15.6. The van der Waals surface area contributed by atoms with Crippen LogP contribution in [-0.2, 0) is 9.53 Å². The number of hydrogen-bond donors (Lipinski definition) is 0. The van der Waals surface area contributed by atoms with Crippen molar-refractivity contribution in [3.63, 3.8) is 0 Å². The van der Waals surface area contributed by atoms with Crippen LogP contribution in [0.1, 0.15) is 5.56 Å². The lowest BCUT2D eigenvalue weighted by Crippen LogP contribution is -2.43. The number of carbonyl (C=O) groups excluding carboxylic acids is 1. The first-order chi connectivity index (χ1) is 13.7. The lowest BCUT2D eigenvalue weighted by molar-refractivity contribution is -0.137. The van der Waals surface area contributed by atoms with Gasteiger partial charge in [-0.2, -0.15) is 4.98 Å². The molecule has 4 rings (SSSR count). The van der Waals surface area contributed by atoms with E-state index in [9.17, 15) is 4.79 Å². The van der Waals surface area contributed by atoms with Crippen molar-refractivity contribution in [2.75, 3.05) is 32.9 Å². The van der Waals surface area contributed by atoms with Crippen molar-refractivity contribution in [3.8, 4) is 28.6 Å². The Hall–Kier alpha value is -3.19. The molecule has 1 amide bonds. The Balaban J connectivity index is 1.52. The van der Waals surface area contributed by atoms with E-state index in [1.165, 1.54) is 0 Å². The van der Waals surface area contributed by atoms with Gasteiger partial charge in [0, 0.05) is 18.7 Å². The molecule has 1 aromatic heterocycles. The summed E-state index contributed by atoms with van der Waals surface area (Å²) in [5, 5.41) is 4.10. The van der Waals surface area contributed by atoms with E-state index >= 15 is 0 Å². The summed E-state index contributed by atoms with van der Waals surface area (Å²) in [7, 11) is 0. The van der Waals surface area contributed by atoms with Gasteiger partial charge in [0.25, 0.3) is 11.8 Å². The third-order valence-corrected chi connectivity index (χ3v) is 4.64. The van der Waals surface area contributed by atoms with Gasteiger partial charge < -0.3 is 18.9 Å². The molecule has 0 bridgehead atoms. The molecule has 1 aliphatic heterocycles. The second-order valence-corrected chi connectivity index (χ2v) is 6.52. The van der Waals surface area contributed by atoms with Gasteiger partial charge in [0.05, 0.1) is 18.8 Å². The van der Waals surface area contributed by atoms with Gasteiger partial charge >= 0.3 is 0 Å². The number of hydrogen-bond acceptors (Lipinski definition) is 6. The van der Waals surface area contributed by atoms with Crippen LogP contribution in [0.15, 0.2) is 53.1 Å². The van der Waals surface area contributed by atoms with Gasteiger partial charge in [-0.25, -0.2) is 0 Å².